The van der Waals surface area contributed by atoms with Gasteiger partial charge in [-0.25, -0.2) is 9.18 Å². The van der Waals surface area contributed by atoms with Crippen molar-refractivity contribution in [2.45, 2.75) is 25.3 Å². The Morgan fingerprint density at radius 2 is 1.90 bits per heavy atom. The zero-order valence-electron chi connectivity index (χ0n) is 22.1. The van der Waals surface area contributed by atoms with Crippen LogP contribution in [0.2, 0.25) is 0 Å². The minimum Gasteiger partial charge on any atom is -0.478 e. The summed E-state index contributed by atoms with van der Waals surface area (Å²) in [7, 11) is 0. The maximum Gasteiger partial charge on any atom is 0.335 e. The fourth-order valence-corrected chi connectivity index (χ4v) is 5.78. The van der Waals surface area contributed by atoms with Crippen molar-refractivity contribution in [2.75, 3.05) is 24.5 Å². The molecule has 0 amide bonds. The third kappa shape index (κ3) is 5.53. The molecule has 3 atom stereocenters. The van der Waals surface area contributed by atoms with Crippen molar-refractivity contribution in [3.05, 3.63) is 107 Å². The molecule has 6 rings (SSSR count). The third-order valence-electron chi connectivity index (χ3n) is 7.90. The van der Waals surface area contributed by atoms with Gasteiger partial charge in [0.05, 0.1) is 5.56 Å². The second-order valence-corrected chi connectivity index (χ2v) is 10.3. The molecule has 8 heteroatoms. The number of aromatic nitrogens is 1. The molecule has 2 N–H and O–H groups in total. The van der Waals surface area contributed by atoms with E-state index in [9.17, 15) is 14.3 Å². The van der Waals surface area contributed by atoms with Crippen LogP contribution in [0, 0.1) is 11.7 Å². The van der Waals surface area contributed by atoms with Gasteiger partial charge in [-0.15, -0.1) is 12.4 Å². The van der Waals surface area contributed by atoms with Crippen LogP contribution in [0.3, 0.4) is 0 Å². The molecule has 5 aromatic rings. The number of halogens is 2. The summed E-state index contributed by atoms with van der Waals surface area (Å²) in [5.41, 5.74) is 3.45. The summed E-state index contributed by atoms with van der Waals surface area (Å²) < 4.78 is 20.3. The molecular weight excluding hydrogens is 529 g/mol. The van der Waals surface area contributed by atoms with Crippen LogP contribution in [0.4, 0.5) is 10.4 Å². The Kier molecular flexibility index (Phi) is 8.05. The maximum absolute atomic E-state index is 14.3. The lowest BCUT2D eigenvalue weighted by Gasteiger charge is -2.39. The van der Waals surface area contributed by atoms with E-state index in [1.807, 2.05) is 6.07 Å². The molecule has 1 aliphatic rings. The fourth-order valence-electron chi connectivity index (χ4n) is 5.78. The number of nitrogens with one attached hydrogen (secondary N) is 1. The lowest BCUT2D eigenvalue weighted by Crippen LogP contribution is -2.43. The molecule has 0 radical (unpaired) electrons. The first-order valence-electron chi connectivity index (χ1n) is 13.3. The first-order valence-corrected chi connectivity index (χ1v) is 13.3. The molecule has 40 heavy (non-hydrogen) atoms. The molecule has 1 saturated heterocycles. The van der Waals surface area contributed by atoms with Gasteiger partial charge in [-0.3, -0.25) is 0 Å². The third-order valence-corrected chi connectivity index (χ3v) is 7.90. The smallest absolute Gasteiger partial charge is 0.335 e. The summed E-state index contributed by atoms with van der Waals surface area (Å²) in [6.45, 7) is 4.34. The van der Waals surface area contributed by atoms with Gasteiger partial charge in [0.1, 0.15) is 11.3 Å². The van der Waals surface area contributed by atoms with Crippen LogP contribution < -0.4 is 10.2 Å². The molecule has 2 heterocycles. The predicted octanol–water partition coefficient (Wildman–Crippen LogP) is 7.20. The maximum atomic E-state index is 14.3. The number of rotatable bonds is 7. The quantitative estimate of drug-likeness (QED) is 0.219. The highest BCUT2D eigenvalue weighted by Crippen LogP contribution is 2.36. The van der Waals surface area contributed by atoms with Crippen molar-refractivity contribution >= 4 is 46.3 Å². The van der Waals surface area contributed by atoms with Gasteiger partial charge in [0, 0.05) is 25.0 Å². The number of carboxylic acids is 1. The minimum absolute atomic E-state index is 0. The molecule has 1 fully saturated rings. The van der Waals surface area contributed by atoms with E-state index in [4.69, 9.17) is 4.42 Å². The van der Waals surface area contributed by atoms with Crippen LogP contribution in [0.5, 0.6) is 0 Å². The van der Waals surface area contributed by atoms with Crippen molar-refractivity contribution in [3.63, 3.8) is 0 Å². The van der Waals surface area contributed by atoms with E-state index in [0.717, 1.165) is 25.1 Å². The van der Waals surface area contributed by atoms with E-state index in [1.165, 1.54) is 34.5 Å². The number of hydrogen-bond acceptors (Lipinski definition) is 5. The van der Waals surface area contributed by atoms with Gasteiger partial charge in [-0.05, 0) is 78.0 Å². The summed E-state index contributed by atoms with van der Waals surface area (Å²) in [6.07, 6.45) is 0.871. The average Bonchev–Trinajstić information content (AvgIpc) is 3.39. The minimum atomic E-state index is -1.00. The number of fused-ring (bicyclic) bond motifs is 2. The number of benzene rings is 4. The number of oxazole rings is 1. The van der Waals surface area contributed by atoms with Crippen LogP contribution >= 0.6 is 12.4 Å². The summed E-state index contributed by atoms with van der Waals surface area (Å²) in [6, 6.07) is 27.0. The highest BCUT2D eigenvalue weighted by molar-refractivity contribution is 5.92. The summed E-state index contributed by atoms with van der Waals surface area (Å²) in [5.74, 6) is -0.906. The number of carboxylic acid groups (broad SMARTS) is 1. The topological polar surface area (TPSA) is 78.6 Å². The highest BCUT2D eigenvalue weighted by atomic mass is 35.5. The Hall–Kier alpha value is -3.94. The Morgan fingerprint density at radius 1 is 1.10 bits per heavy atom. The van der Waals surface area contributed by atoms with Crippen LogP contribution in [0.25, 0.3) is 21.9 Å². The van der Waals surface area contributed by atoms with Crippen LogP contribution in [0.15, 0.2) is 89.3 Å². The van der Waals surface area contributed by atoms with Crippen LogP contribution in [-0.2, 0) is 0 Å². The van der Waals surface area contributed by atoms with Crippen molar-refractivity contribution in [2.24, 2.45) is 5.92 Å². The molecule has 6 nitrogen and oxygen atoms in total. The molecule has 4 aromatic carbocycles. The first kappa shape index (κ1) is 27.6. The molecule has 206 valence electrons. The van der Waals surface area contributed by atoms with Gasteiger partial charge in [-0.2, -0.15) is 4.98 Å². The van der Waals surface area contributed by atoms with Crippen LogP contribution in [-0.4, -0.2) is 35.7 Å². The fraction of sp³-hybridized carbons (Fsp3) is 0.250. The molecule has 1 aliphatic heterocycles. The Labute approximate surface area is 238 Å². The zero-order valence-corrected chi connectivity index (χ0v) is 22.9. The summed E-state index contributed by atoms with van der Waals surface area (Å²) >= 11 is 0. The SMILES string of the molecule is C[C@@H](NCC1CCN(c2nc3cc(C(=O)O)ccc3o2)CC1c1cccc(F)c1)c1cccc2ccccc12.Cl. The van der Waals surface area contributed by atoms with Gasteiger partial charge < -0.3 is 19.7 Å². The summed E-state index contributed by atoms with van der Waals surface area (Å²) in [4.78, 5) is 18.1. The van der Waals surface area contributed by atoms with Crippen molar-refractivity contribution in [1.82, 2.24) is 10.3 Å². The van der Waals surface area contributed by atoms with Crippen molar-refractivity contribution in [1.29, 1.82) is 0 Å². The van der Waals surface area contributed by atoms with Gasteiger partial charge >= 0.3 is 5.97 Å². The Morgan fingerprint density at radius 3 is 2.73 bits per heavy atom. The molecule has 2 unspecified atom stereocenters. The number of carbonyl (C=O) groups is 1. The molecule has 0 spiro atoms. The second-order valence-electron chi connectivity index (χ2n) is 10.3. The lowest BCUT2D eigenvalue weighted by atomic mass is 9.80. The molecule has 0 bridgehead atoms. The molecular formula is C32H31ClFN3O3. The van der Waals surface area contributed by atoms with Gasteiger partial charge in [0.15, 0.2) is 5.58 Å². The monoisotopic (exact) mass is 559 g/mol. The van der Waals surface area contributed by atoms with Gasteiger partial charge in [0.2, 0.25) is 0 Å². The molecule has 0 saturated carbocycles. The Balaban J connectivity index is 0.00000323. The van der Waals surface area contributed by atoms with E-state index < -0.39 is 5.97 Å². The van der Waals surface area contributed by atoms with E-state index in [1.54, 1.807) is 18.2 Å². The number of nitrogens with zero attached hydrogens (tertiary/aromatic N) is 2. The van der Waals surface area contributed by atoms with E-state index in [0.29, 0.717) is 23.7 Å². The normalized spacial score (nSPS) is 18.0. The van der Waals surface area contributed by atoms with E-state index in [-0.39, 0.29) is 41.7 Å². The van der Waals surface area contributed by atoms with E-state index >= 15 is 0 Å². The first-order chi connectivity index (χ1) is 19.0. The Bertz CT molecular complexity index is 1650. The average molecular weight is 560 g/mol. The largest absolute Gasteiger partial charge is 0.478 e. The number of hydrogen-bond donors (Lipinski definition) is 2. The standard InChI is InChI=1S/C32H30FN3O3.ClH/c1-20(26-11-5-7-21-6-2-3-10-27(21)26)34-18-24-14-15-36(19-28(24)22-8-4-9-25(33)16-22)32-35-29-17-23(31(37)38)12-13-30(29)39-32;/h2-13,16-17,20,24,28,34H,14-15,18-19H2,1H3,(H,37,38);1H/t20-,24?,28?;/m1./s1. The van der Waals surface area contributed by atoms with Gasteiger partial charge in [-0.1, -0.05) is 54.6 Å². The van der Waals surface area contributed by atoms with Crippen molar-refractivity contribution in [3.8, 4) is 0 Å². The molecule has 0 aliphatic carbocycles. The zero-order chi connectivity index (χ0) is 26.9. The number of aromatic carboxylic acids is 1. The number of piperidine rings is 1. The second kappa shape index (κ2) is 11.7. The molecule has 1 aromatic heterocycles. The highest BCUT2D eigenvalue weighted by Gasteiger charge is 2.33. The van der Waals surface area contributed by atoms with Gasteiger partial charge in [0.25, 0.3) is 6.01 Å². The van der Waals surface area contributed by atoms with E-state index in [2.05, 4.69) is 64.6 Å². The summed E-state index contributed by atoms with van der Waals surface area (Å²) in [5, 5.41) is 15.6. The predicted molar refractivity (Wildman–Crippen MR) is 158 cm³/mol. The van der Waals surface area contributed by atoms with Crippen molar-refractivity contribution < 1.29 is 18.7 Å². The number of anilines is 1. The van der Waals surface area contributed by atoms with Crippen LogP contribution in [0.1, 0.15) is 46.8 Å². The lowest BCUT2D eigenvalue weighted by molar-refractivity contribution is 0.0697.